The average Bonchev–Trinajstić information content (AvgIpc) is 3.08. The van der Waals surface area contributed by atoms with Gasteiger partial charge in [0.1, 0.15) is 24.4 Å². The Balaban J connectivity index is 1.55. The van der Waals surface area contributed by atoms with Gasteiger partial charge >= 0.3 is 6.18 Å². The predicted molar refractivity (Wildman–Crippen MR) is 85.9 cm³/mol. The molecule has 2 aromatic rings. The lowest BCUT2D eigenvalue weighted by Gasteiger charge is -2.32. The summed E-state index contributed by atoms with van der Waals surface area (Å²) in [6, 6.07) is 2.94. The number of amides is 1. The number of aromatic nitrogens is 2. The number of alkyl halides is 3. The molecular weight excluding hydrogens is 351 g/mol. The van der Waals surface area contributed by atoms with Crippen molar-refractivity contribution in [3.05, 3.63) is 36.6 Å². The fourth-order valence-corrected chi connectivity index (χ4v) is 2.71. The zero-order chi connectivity index (χ0) is 18.6. The molecule has 1 saturated heterocycles. The van der Waals surface area contributed by atoms with Gasteiger partial charge in [0.15, 0.2) is 0 Å². The van der Waals surface area contributed by atoms with E-state index in [0.29, 0.717) is 37.7 Å². The number of nitrogens with one attached hydrogen (secondary N) is 2. The summed E-state index contributed by atoms with van der Waals surface area (Å²) >= 11 is 0. The molecule has 3 heterocycles. The lowest BCUT2D eigenvalue weighted by molar-refractivity contribution is -0.140. The molecule has 0 saturated carbocycles. The number of furan rings is 1. The SMILES string of the molecule is O=C(NCC(F)(F)F)[C@@H]1CN(Cc2ccc(-c3cncnc3)o2)CCN1. The molecule has 1 aliphatic heterocycles. The smallest absolute Gasteiger partial charge is 0.405 e. The fourth-order valence-electron chi connectivity index (χ4n) is 2.71. The molecule has 0 aromatic carbocycles. The van der Waals surface area contributed by atoms with Crippen LogP contribution < -0.4 is 10.6 Å². The van der Waals surface area contributed by atoms with Gasteiger partial charge in [0.2, 0.25) is 5.91 Å². The van der Waals surface area contributed by atoms with Gasteiger partial charge in [-0.05, 0) is 12.1 Å². The number of halogens is 3. The van der Waals surface area contributed by atoms with Crippen LogP contribution in [0.25, 0.3) is 11.3 Å². The molecule has 10 heteroatoms. The van der Waals surface area contributed by atoms with Crippen LogP contribution in [0.3, 0.4) is 0 Å². The molecule has 2 N–H and O–H groups in total. The van der Waals surface area contributed by atoms with Crippen LogP contribution in [0.2, 0.25) is 0 Å². The number of piperazine rings is 1. The quantitative estimate of drug-likeness (QED) is 0.824. The highest BCUT2D eigenvalue weighted by Gasteiger charge is 2.31. The minimum Gasteiger partial charge on any atom is -0.460 e. The van der Waals surface area contributed by atoms with Crippen molar-refractivity contribution < 1.29 is 22.4 Å². The second-order valence-electron chi connectivity index (χ2n) is 5.97. The summed E-state index contributed by atoms with van der Waals surface area (Å²) in [7, 11) is 0. The van der Waals surface area contributed by atoms with Gasteiger partial charge in [-0.2, -0.15) is 13.2 Å². The molecule has 1 fully saturated rings. The fraction of sp³-hybridized carbons (Fsp3) is 0.438. The lowest BCUT2D eigenvalue weighted by atomic mass is 10.2. The van der Waals surface area contributed by atoms with Crippen molar-refractivity contribution in [2.45, 2.75) is 18.8 Å². The first-order valence-electron chi connectivity index (χ1n) is 8.05. The van der Waals surface area contributed by atoms with Crippen LogP contribution in [0.1, 0.15) is 5.76 Å². The first-order valence-corrected chi connectivity index (χ1v) is 8.05. The molecule has 7 nitrogen and oxygen atoms in total. The van der Waals surface area contributed by atoms with E-state index in [9.17, 15) is 18.0 Å². The summed E-state index contributed by atoms with van der Waals surface area (Å²) in [5.41, 5.74) is 0.753. The van der Waals surface area contributed by atoms with E-state index in [0.717, 1.165) is 5.56 Å². The minimum atomic E-state index is -4.42. The molecule has 140 valence electrons. The van der Waals surface area contributed by atoms with E-state index in [1.165, 1.54) is 6.33 Å². The van der Waals surface area contributed by atoms with Crippen LogP contribution in [0.4, 0.5) is 13.2 Å². The van der Waals surface area contributed by atoms with Gasteiger partial charge in [-0.25, -0.2) is 9.97 Å². The number of hydrogen-bond acceptors (Lipinski definition) is 6. The zero-order valence-corrected chi connectivity index (χ0v) is 13.8. The first kappa shape index (κ1) is 18.3. The summed E-state index contributed by atoms with van der Waals surface area (Å²) in [5, 5.41) is 4.85. The minimum absolute atomic E-state index is 0.300. The highest BCUT2D eigenvalue weighted by molar-refractivity contribution is 5.82. The van der Waals surface area contributed by atoms with Crippen molar-refractivity contribution in [3.8, 4) is 11.3 Å². The Labute approximate surface area is 147 Å². The van der Waals surface area contributed by atoms with Crippen LogP contribution in [0.5, 0.6) is 0 Å². The van der Waals surface area contributed by atoms with Crippen molar-refractivity contribution in [2.75, 3.05) is 26.2 Å². The standard InChI is InChI=1S/C16H18F3N5O2/c17-16(18,19)9-23-15(25)13-8-24(4-3-22-13)7-12-1-2-14(26-12)11-5-20-10-21-6-11/h1-2,5-6,10,13,22H,3-4,7-9H2,(H,23,25)/t13-/m0/s1. The summed E-state index contributed by atoms with van der Waals surface area (Å²) in [5.74, 6) is 0.670. The van der Waals surface area contributed by atoms with Gasteiger partial charge in [-0.1, -0.05) is 0 Å². The van der Waals surface area contributed by atoms with Crippen molar-refractivity contribution in [2.24, 2.45) is 0 Å². The van der Waals surface area contributed by atoms with Crippen LogP contribution in [0.15, 0.2) is 35.3 Å². The first-order chi connectivity index (χ1) is 12.4. The molecule has 0 bridgehead atoms. The van der Waals surface area contributed by atoms with Gasteiger partial charge in [-0.15, -0.1) is 0 Å². The second-order valence-corrected chi connectivity index (χ2v) is 5.97. The number of rotatable bonds is 5. The highest BCUT2D eigenvalue weighted by Crippen LogP contribution is 2.21. The maximum absolute atomic E-state index is 12.2. The topological polar surface area (TPSA) is 83.3 Å². The summed E-state index contributed by atoms with van der Waals surface area (Å²) in [4.78, 5) is 21.7. The third-order valence-electron chi connectivity index (χ3n) is 3.93. The van der Waals surface area contributed by atoms with Gasteiger partial charge in [0.05, 0.1) is 18.2 Å². The van der Waals surface area contributed by atoms with Crippen LogP contribution in [0, 0.1) is 0 Å². The molecular formula is C16H18F3N5O2. The Bertz CT molecular complexity index is 735. The van der Waals surface area contributed by atoms with Crippen LogP contribution in [-0.2, 0) is 11.3 Å². The van der Waals surface area contributed by atoms with Crippen molar-refractivity contribution in [3.63, 3.8) is 0 Å². The Morgan fingerprint density at radius 3 is 2.85 bits per heavy atom. The molecule has 0 unspecified atom stereocenters. The summed E-state index contributed by atoms with van der Waals surface area (Å²) in [6.07, 6.45) is 0.288. The number of carbonyl (C=O) groups excluding carboxylic acids is 1. The van der Waals surface area contributed by atoms with Gasteiger partial charge < -0.3 is 15.1 Å². The Morgan fingerprint density at radius 2 is 2.12 bits per heavy atom. The van der Waals surface area contributed by atoms with Gasteiger partial charge in [0.25, 0.3) is 0 Å². The molecule has 1 aliphatic rings. The monoisotopic (exact) mass is 369 g/mol. The Hall–Kier alpha value is -2.46. The molecule has 0 radical (unpaired) electrons. The highest BCUT2D eigenvalue weighted by atomic mass is 19.4. The Kier molecular flexibility index (Phi) is 5.52. The third-order valence-corrected chi connectivity index (χ3v) is 3.93. The van der Waals surface area contributed by atoms with E-state index in [4.69, 9.17) is 4.42 Å². The van der Waals surface area contributed by atoms with Gasteiger partial charge in [0, 0.05) is 32.0 Å². The van der Waals surface area contributed by atoms with E-state index in [1.54, 1.807) is 12.4 Å². The number of hydrogen-bond donors (Lipinski definition) is 2. The van der Waals surface area contributed by atoms with E-state index in [-0.39, 0.29) is 0 Å². The van der Waals surface area contributed by atoms with Gasteiger partial charge in [-0.3, -0.25) is 9.69 Å². The van der Waals surface area contributed by atoms with E-state index >= 15 is 0 Å². The Morgan fingerprint density at radius 1 is 1.35 bits per heavy atom. The zero-order valence-electron chi connectivity index (χ0n) is 13.8. The van der Waals surface area contributed by atoms with Crippen molar-refractivity contribution >= 4 is 5.91 Å². The maximum atomic E-state index is 12.2. The molecule has 2 aromatic heterocycles. The normalized spacial score (nSPS) is 18.7. The average molecular weight is 369 g/mol. The molecule has 0 aliphatic carbocycles. The van der Waals surface area contributed by atoms with Crippen LogP contribution in [-0.4, -0.2) is 59.2 Å². The van der Waals surface area contributed by atoms with E-state index in [2.05, 4.69) is 15.3 Å². The van der Waals surface area contributed by atoms with Crippen molar-refractivity contribution in [1.29, 1.82) is 0 Å². The predicted octanol–water partition coefficient (Wildman–Crippen LogP) is 1.19. The second kappa shape index (κ2) is 7.83. The summed E-state index contributed by atoms with van der Waals surface area (Å²) < 4.78 is 42.4. The number of nitrogens with zero attached hydrogens (tertiary/aromatic N) is 3. The third kappa shape index (κ3) is 5.02. The van der Waals surface area contributed by atoms with Crippen molar-refractivity contribution in [1.82, 2.24) is 25.5 Å². The van der Waals surface area contributed by atoms with Crippen LogP contribution >= 0.6 is 0 Å². The lowest BCUT2D eigenvalue weighted by Crippen LogP contribution is -2.57. The molecule has 3 rings (SSSR count). The molecule has 1 atom stereocenters. The largest absolute Gasteiger partial charge is 0.460 e. The number of carbonyl (C=O) groups is 1. The summed E-state index contributed by atoms with van der Waals surface area (Å²) in [6.45, 7) is 0.592. The van der Waals surface area contributed by atoms with E-state index < -0.39 is 24.7 Å². The molecule has 0 spiro atoms. The maximum Gasteiger partial charge on any atom is 0.405 e. The molecule has 26 heavy (non-hydrogen) atoms. The molecule has 1 amide bonds. The van der Waals surface area contributed by atoms with E-state index in [1.807, 2.05) is 22.3 Å².